The topological polar surface area (TPSA) is 73.2 Å². The van der Waals surface area contributed by atoms with E-state index in [9.17, 15) is 9.59 Å². The van der Waals surface area contributed by atoms with Gasteiger partial charge in [0.25, 0.3) is 0 Å². The third kappa shape index (κ3) is 2.16. The molecular formula is C21H19N3O3. The molecule has 1 aliphatic heterocycles. The van der Waals surface area contributed by atoms with E-state index in [1.165, 1.54) is 0 Å². The van der Waals surface area contributed by atoms with Crippen LogP contribution >= 0.6 is 0 Å². The van der Waals surface area contributed by atoms with E-state index in [1.807, 2.05) is 31.4 Å². The van der Waals surface area contributed by atoms with Crippen molar-refractivity contribution < 1.29 is 14.3 Å². The number of benzene rings is 1. The van der Waals surface area contributed by atoms with Gasteiger partial charge in [0, 0.05) is 36.7 Å². The molecule has 2 aromatic heterocycles. The van der Waals surface area contributed by atoms with Crippen molar-refractivity contribution in [3.63, 3.8) is 0 Å². The number of imide groups is 1. The van der Waals surface area contributed by atoms with Crippen molar-refractivity contribution >= 4 is 22.7 Å². The van der Waals surface area contributed by atoms with Crippen molar-refractivity contribution in [2.75, 3.05) is 7.11 Å². The molecule has 1 aliphatic carbocycles. The number of carbonyl (C=O) groups is 2. The largest absolute Gasteiger partial charge is 0.481 e. The minimum Gasteiger partial charge on any atom is -0.481 e. The molecule has 0 radical (unpaired) electrons. The van der Waals surface area contributed by atoms with E-state index in [2.05, 4.69) is 27.1 Å². The maximum Gasteiger partial charge on any atom is 0.237 e. The normalized spacial score (nSPS) is 21.1. The highest BCUT2D eigenvalue weighted by Gasteiger charge is 2.51. The van der Waals surface area contributed by atoms with E-state index in [-0.39, 0.29) is 18.2 Å². The first kappa shape index (κ1) is 16.1. The highest BCUT2D eigenvalue weighted by Crippen LogP contribution is 2.45. The zero-order valence-electron chi connectivity index (χ0n) is 15.2. The maximum atomic E-state index is 12.4. The second kappa shape index (κ2) is 5.42. The molecule has 0 bridgehead atoms. The Morgan fingerprint density at radius 2 is 2.11 bits per heavy atom. The van der Waals surface area contributed by atoms with Crippen molar-refractivity contribution in [1.82, 2.24) is 14.9 Å². The van der Waals surface area contributed by atoms with Crippen LogP contribution in [0.15, 0.2) is 36.7 Å². The van der Waals surface area contributed by atoms with Gasteiger partial charge in [-0.05, 0) is 29.5 Å². The summed E-state index contributed by atoms with van der Waals surface area (Å²) in [6.07, 6.45) is 5.66. The fourth-order valence-corrected chi connectivity index (χ4v) is 4.58. The van der Waals surface area contributed by atoms with Gasteiger partial charge in [0.15, 0.2) is 0 Å². The Balaban J connectivity index is 1.64. The maximum absolute atomic E-state index is 12.4. The molecule has 27 heavy (non-hydrogen) atoms. The van der Waals surface area contributed by atoms with Crippen molar-refractivity contribution in [3.05, 3.63) is 47.8 Å². The molecule has 1 atom stereocenters. The monoisotopic (exact) mass is 361 g/mol. The number of hydrogen-bond acceptors (Lipinski definition) is 4. The average Bonchev–Trinajstić information content (AvgIpc) is 3.29. The van der Waals surface area contributed by atoms with Crippen LogP contribution in [0.1, 0.15) is 24.0 Å². The number of pyridine rings is 1. The zero-order valence-corrected chi connectivity index (χ0v) is 15.2. The van der Waals surface area contributed by atoms with E-state index in [0.717, 1.165) is 39.6 Å². The van der Waals surface area contributed by atoms with E-state index < -0.39 is 5.41 Å². The van der Waals surface area contributed by atoms with Crippen molar-refractivity contribution in [1.29, 1.82) is 0 Å². The smallest absolute Gasteiger partial charge is 0.237 e. The Morgan fingerprint density at radius 3 is 2.85 bits per heavy atom. The van der Waals surface area contributed by atoms with Crippen LogP contribution in [0, 0.1) is 0 Å². The third-order valence-corrected chi connectivity index (χ3v) is 5.96. The zero-order chi connectivity index (χ0) is 18.8. The van der Waals surface area contributed by atoms with Crippen LogP contribution in [0.3, 0.4) is 0 Å². The van der Waals surface area contributed by atoms with Gasteiger partial charge < -0.3 is 9.30 Å². The fraction of sp³-hybridized carbons (Fsp3) is 0.286. The minimum atomic E-state index is -0.670. The lowest BCUT2D eigenvalue weighted by molar-refractivity contribution is -0.126. The summed E-state index contributed by atoms with van der Waals surface area (Å²) in [6, 6.07) is 8.17. The van der Waals surface area contributed by atoms with Gasteiger partial charge >= 0.3 is 0 Å². The van der Waals surface area contributed by atoms with Gasteiger partial charge in [0.2, 0.25) is 17.7 Å². The SMILES string of the molecule is COc1cc2c(-c3ccc4c(c3)CCC43CC(=O)NC3=O)cn(C)c2cn1. The Morgan fingerprint density at radius 1 is 1.26 bits per heavy atom. The second-order valence-corrected chi connectivity index (χ2v) is 7.41. The number of methoxy groups -OCH3 is 1. The number of nitrogens with one attached hydrogen (secondary N) is 1. The second-order valence-electron chi connectivity index (χ2n) is 7.41. The molecule has 1 aromatic carbocycles. The van der Waals surface area contributed by atoms with E-state index in [1.54, 1.807) is 7.11 Å². The molecule has 1 unspecified atom stereocenters. The fourth-order valence-electron chi connectivity index (χ4n) is 4.58. The summed E-state index contributed by atoms with van der Waals surface area (Å²) in [5, 5.41) is 3.55. The Bertz CT molecular complexity index is 1130. The first-order valence-electron chi connectivity index (χ1n) is 8.99. The number of rotatable bonds is 2. The van der Waals surface area contributed by atoms with Gasteiger partial charge in [0.05, 0.1) is 24.2 Å². The third-order valence-electron chi connectivity index (χ3n) is 5.96. The van der Waals surface area contributed by atoms with Crippen LogP contribution in [0.4, 0.5) is 0 Å². The molecular weight excluding hydrogens is 342 g/mol. The number of hydrogen-bond donors (Lipinski definition) is 1. The Labute approximate surface area is 156 Å². The first-order valence-corrected chi connectivity index (χ1v) is 8.99. The summed E-state index contributed by atoms with van der Waals surface area (Å²) in [5.74, 6) is 0.252. The van der Waals surface area contributed by atoms with Gasteiger partial charge in [-0.15, -0.1) is 0 Å². The van der Waals surface area contributed by atoms with Gasteiger partial charge in [-0.2, -0.15) is 0 Å². The molecule has 2 aliphatic rings. The number of nitrogens with zero attached hydrogens (tertiary/aromatic N) is 2. The minimum absolute atomic E-state index is 0.153. The molecule has 1 spiro atoms. The lowest BCUT2D eigenvalue weighted by atomic mass is 9.80. The summed E-state index contributed by atoms with van der Waals surface area (Å²) >= 11 is 0. The van der Waals surface area contributed by atoms with E-state index in [0.29, 0.717) is 12.3 Å². The van der Waals surface area contributed by atoms with Crippen LogP contribution in [-0.4, -0.2) is 28.5 Å². The molecule has 3 aromatic rings. The summed E-state index contributed by atoms with van der Waals surface area (Å²) in [5.41, 5.74) is 4.70. The molecule has 6 nitrogen and oxygen atoms in total. The van der Waals surface area contributed by atoms with E-state index in [4.69, 9.17) is 4.74 Å². The predicted octanol–water partition coefficient (Wildman–Crippen LogP) is 2.48. The summed E-state index contributed by atoms with van der Waals surface area (Å²) in [4.78, 5) is 28.5. The van der Waals surface area contributed by atoms with Gasteiger partial charge in [0.1, 0.15) is 0 Å². The van der Waals surface area contributed by atoms with Crippen LogP contribution < -0.4 is 10.1 Å². The standard InChI is InChI=1S/C21H19N3O3/c1-24-11-15(14-8-19(27-2)22-10-17(14)24)12-3-4-16-13(7-12)5-6-21(16)9-18(25)23-20(21)26/h3-4,7-8,10-11H,5-6,9H2,1-2H3,(H,23,25,26). The molecule has 1 saturated heterocycles. The quantitative estimate of drug-likeness (QED) is 0.712. The van der Waals surface area contributed by atoms with Gasteiger partial charge in [-0.25, -0.2) is 4.98 Å². The van der Waals surface area contributed by atoms with Gasteiger partial charge in [-0.1, -0.05) is 18.2 Å². The van der Waals surface area contributed by atoms with Crippen LogP contribution in [0.2, 0.25) is 0 Å². The highest BCUT2D eigenvalue weighted by molar-refractivity contribution is 6.09. The number of aryl methyl sites for hydroxylation is 2. The van der Waals surface area contributed by atoms with Crippen molar-refractivity contribution in [3.8, 4) is 17.0 Å². The van der Waals surface area contributed by atoms with Crippen molar-refractivity contribution in [2.45, 2.75) is 24.7 Å². The summed E-state index contributed by atoms with van der Waals surface area (Å²) < 4.78 is 7.34. The summed E-state index contributed by atoms with van der Waals surface area (Å²) in [7, 11) is 3.61. The van der Waals surface area contributed by atoms with Gasteiger partial charge in [-0.3, -0.25) is 14.9 Å². The van der Waals surface area contributed by atoms with Crippen LogP contribution in [0.25, 0.3) is 22.0 Å². The predicted molar refractivity (Wildman–Crippen MR) is 100 cm³/mol. The molecule has 136 valence electrons. The number of carbonyl (C=O) groups excluding carboxylic acids is 2. The molecule has 5 rings (SSSR count). The molecule has 3 heterocycles. The molecule has 6 heteroatoms. The van der Waals surface area contributed by atoms with Crippen molar-refractivity contribution in [2.24, 2.45) is 7.05 Å². The molecule has 2 amide bonds. The highest BCUT2D eigenvalue weighted by atomic mass is 16.5. The number of ether oxygens (including phenoxy) is 1. The lowest BCUT2D eigenvalue weighted by Crippen LogP contribution is -2.33. The molecule has 1 fully saturated rings. The average molecular weight is 361 g/mol. The molecule has 1 N–H and O–H groups in total. The lowest BCUT2D eigenvalue weighted by Gasteiger charge is -2.20. The number of fused-ring (bicyclic) bond motifs is 3. The first-order chi connectivity index (χ1) is 13.0. The number of amides is 2. The van der Waals surface area contributed by atoms with Crippen LogP contribution in [0.5, 0.6) is 5.88 Å². The van der Waals surface area contributed by atoms with E-state index >= 15 is 0 Å². The van der Waals surface area contributed by atoms with Crippen LogP contribution in [-0.2, 0) is 28.5 Å². The Kier molecular flexibility index (Phi) is 3.22. The molecule has 0 saturated carbocycles. The summed E-state index contributed by atoms with van der Waals surface area (Å²) in [6.45, 7) is 0. The Hall–Kier alpha value is -3.15. The number of aromatic nitrogens is 2.